The third-order valence-corrected chi connectivity index (χ3v) is 7.00. The molecule has 2 aromatic carbocycles. The molecule has 0 aliphatic carbocycles. The molecule has 1 aliphatic rings. The van der Waals surface area contributed by atoms with Gasteiger partial charge in [0.05, 0.1) is 7.11 Å². The zero-order chi connectivity index (χ0) is 22.8. The topological polar surface area (TPSA) is 76.7 Å². The highest BCUT2D eigenvalue weighted by molar-refractivity contribution is 8.03. The summed E-state index contributed by atoms with van der Waals surface area (Å²) in [5.74, 6) is 2.69. The van der Waals surface area contributed by atoms with E-state index in [1.807, 2.05) is 42.6 Å². The Labute approximate surface area is 192 Å². The lowest BCUT2D eigenvalue weighted by atomic mass is 9.84. The van der Waals surface area contributed by atoms with E-state index in [0.717, 1.165) is 22.3 Å². The number of hydrogen-bond donors (Lipinski definition) is 1. The lowest BCUT2D eigenvalue weighted by Crippen LogP contribution is -2.44. The van der Waals surface area contributed by atoms with Gasteiger partial charge in [-0.1, -0.05) is 44.7 Å². The van der Waals surface area contributed by atoms with Gasteiger partial charge in [-0.2, -0.15) is 5.26 Å². The van der Waals surface area contributed by atoms with Crippen molar-refractivity contribution in [2.45, 2.75) is 32.2 Å². The molecule has 0 saturated heterocycles. The number of methoxy groups -OCH3 is 1. The fourth-order valence-electron chi connectivity index (χ4n) is 3.76. The number of nitrogens with one attached hydrogen (secondary N) is 1. The maximum Gasteiger partial charge on any atom is 0.174 e. The molecular weight excluding hydrogens is 424 g/mol. The summed E-state index contributed by atoms with van der Waals surface area (Å²) in [6.07, 6.45) is 1.97. The Kier molecular flexibility index (Phi) is 5.98. The van der Waals surface area contributed by atoms with Crippen LogP contribution in [0.3, 0.4) is 0 Å². The molecule has 0 radical (unpaired) electrons. The second-order valence-corrected chi connectivity index (χ2v) is 9.61. The number of para-hydroxylation sites is 1. The maximum absolute atomic E-state index is 8.87. The minimum absolute atomic E-state index is 0.0619. The van der Waals surface area contributed by atoms with Crippen molar-refractivity contribution in [3.63, 3.8) is 0 Å². The van der Waals surface area contributed by atoms with Crippen LogP contribution in [0.1, 0.15) is 32.1 Å². The van der Waals surface area contributed by atoms with Crippen LogP contribution in [0.15, 0.2) is 58.5 Å². The number of rotatable bonds is 7. The Balaban J connectivity index is 1.58. The fourth-order valence-corrected chi connectivity index (χ4v) is 4.81. The molecule has 1 N–H and O–H groups in total. The lowest BCUT2D eigenvalue weighted by molar-refractivity contribution is 0.228. The lowest BCUT2D eigenvalue weighted by Gasteiger charge is -2.39. The van der Waals surface area contributed by atoms with E-state index in [2.05, 4.69) is 37.6 Å². The summed E-state index contributed by atoms with van der Waals surface area (Å²) in [5.41, 5.74) is 1.54. The first-order valence-corrected chi connectivity index (χ1v) is 11.2. The number of furan rings is 1. The van der Waals surface area contributed by atoms with E-state index < -0.39 is 0 Å². The normalized spacial score (nSPS) is 17.7. The summed E-state index contributed by atoms with van der Waals surface area (Å²) in [7, 11) is 1.57. The van der Waals surface area contributed by atoms with Crippen LogP contribution in [0.25, 0.3) is 11.0 Å². The zero-order valence-corrected chi connectivity index (χ0v) is 19.4. The number of benzene rings is 2. The van der Waals surface area contributed by atoms with E-state index in [0.29, 0.717) is 17.2 Å². The third-order valence-electron chi connectivity index (χ3n) is 5.45. The zero-order valence-electron chi connectivity index (χ0n) is 18.6. The van der Waals surface area contributed by atoms with Gasteiger partial charge in [0.15, 0.2) is 23.0 Å². The van der Waals surface area contributed by atoms with Gasteiger partial charge in [0.2, 0.25) is 0 Å². The van der Waals surface area contributed by atoms with Gasteiger partial charge in [-0.05, 0) is 35.7 Å². The highest BCUT2D eigenvalue weighted by atomic mass is 32.2. The van der Waals surface area contributed by atoms with Crippen LogP contribution in [-0.4, -0.2) is 13.7 Å². The number of hydrogen-bond acceptors (Lipinski definition) is 7. The van der Waals surface area contributed by atoms with E-state index >= 15 is 0 Å². The van der Waals surface area contributed by atoms with Crippen LogP contribution in [0, 0.1) is 16.7 Å². The Morgan fingerprint density at radius 2 is 2.00 bits per heavy atom. The number of nitrogens with zero attached hydrogens (tertiary/aromatic N) is 1. The molecule has 2 heterocycles. The number of ether oxygens (including phenoxy) is 3. The van der Waals surface area contributed by atoms with E-state index in [1.165, 1.54) is 0 Å². The van der Waals surface area contributed by atoms with E-state index in [9.17, 15) is 0 Å². The monoisotopic (exact) mass is 450 g/mol. The third kappa shape index (κ3) is 3.98. The quantitative estimate of drug-likeness (QED) is 0.478. The van der Waals surface area contributed by atoms with Crippen LogP contribution >= 0.6 is 11.8 Å². The summed E-state index contributed by atoms with van der Waals surface area (Å²) in [5, 5.41) is 15.4. The summed E-state index contributed by atoms with van der Waals surface area (Å²) in [6.45, 7) is 6.81. The van der Waals surface area contributed by atoms with Gasteiger partial charge in [0.1, 0.15) is 29.8 Å². The minimum Gasteiger partial charge on any atom is -0.493 e. The fraction of sp³-hybridized carbons (Fsp3) is 0.320. The van der Waals surface area contributed by atoms with Crippen molar-refractivity contribution in [3.8, 4) is 23.3 Å². The Morgan fingerprint density at radius 3 is 2.69 bits per heavy atom. The molecule has 0 saturated carbocycles. The van der Waals surface area contributed by atoms with Crippen molar-refractivity contribution in [2.24, 2.45) is 5.41 Å². The molecule has 166 valence electrons. The van der Waals surface area contributed by atoms with E-state index in [4.69, 9.17) is 23.9 Å². The van der Waals surface area contributed by atoms with Crippen molar-refractivity contribution in [2.75, 3.05) is 13.7 Å². The average Bonchev–Trinajstić information content (AvgIpc) is 3.43. The first kappa shape index (κ1) is 22.0. The van der Waals surface area contributed by atoms with Crippen LogP contribution in [0.5, 0.6) is 17.2 Å². The Bertz CT molecular complexity index is 1180. The largest absolute Gasteiger partial charge is 0.493 e. The molecule has 4 rings (SSSR count). The number of nitriles is 1. The molecule has 6 nitrogen and oxygen atoms in total. The molecule has 0 fully saturated rings. The van der Waals surface area contributed by atoms with Gasteiger partial charge < -0.3 is 23.9 Å². The summed E-state index contributed by atoms with van der Waals surface area (Å²) >= 11 is 1.72. The molecule has 1 unspecified atom stereocenters. The van der Waals surface area contributed by atoms with Crippen molar-refractivity contribution >= 4 is 22.7 Å². The first-order valence-electron chi connectivity index (χ1n) is 10.3. The SMILES string of the molecule is COc1cccc(COc2ccc3oc(C4(C(C)(C)C)NC=CS4)cc3c2)c1OCC#N. The number of fused-ring (bicyclic) bond motifs is 1. The second kappa shape index (κ2) is 8.71. The molecular formula is C25H26N2O4S. The number of thioether (sulfide) groups is 1. The van der Waals surface area contributed by atoms with Gasteiger partial charge >= 0.3 is 0 Å². The van der Waals surface area contributed by atoms with Crippen LogP contribution < -0.4 is 19.5 Å². The Morgan fingerprint density at radius 1 is 1.16 bits per heavy atom. The predicted molar refractivity (Wildman–Crippen MR) is 126 cm³/mol. The van der Waals surface area contributed by atoms with Gasteiger partial charge in [0, 0.05) is 22.6 Å². The molecule has 1 aromatic heterocycles. The van der Waals surface area contributed by atoms with Gasteiger partial charge in [-0.3, -0.25) is 0 Å². The van der Waals surface area contributed by atoms with Crippen molar-refractivity contribution in [1.29, 1.82) is 5.26 Å². The molecule has 0 spiro atoms. The van der Waals surface area contributed by atoms with E-state index in [1.54, 1.807) is 24.9 Å². The highest BCUT2D eigenvalue weighted by Gasteiger charge is 2.47. The summed E-state index contributed by atoms with van der Waals surface area (Å²) in [4.78, 5) is -0.361. The predicted octanol–water partition coefficient (Wildman–Crippen LogP) is 5.93. The molecule has 0 bridgehead atoms. The van der Waals surface area contributed by atoms with Gasteiger partial charge in [0.25, 0.3) is 0 Å². The van der Waals surface area contributed by atoms with Crippen molar-refractivity contribution < 1.29 is 18.6 Å². The molecule has 1 aliphatic heterocycles. The maximum atomic E-state index is 8.87. The minimum atomic E-state index is -0.361. The average molecular weight is 451 g/mol. The first-order chi connectivity index (χ1) is 15.4. The highest BCUT2D eigenvalue weighted by Crippen LogP contribution is 2.52. The van der Waals surface area contributed by atoms with Crippen molar-refractivity contribution in [3.05, 3.63) is 65.4 Å². The van der Waals surface area contributed by atoms with Crippen LogP contribution in [0.4, 0.5) is 0 Å². The summed E-state index contributed by atoms with van der Waals surface area (Å²) in [6, 6.07) is 15.4. The molecule has 3 aromatic rings. The van der Waals surface area contributed by atoms with Crippen LogP contribution in [-0.2, 0) is 11.5 Å². The molecule has 0 amide bonds. The van der Waals surface area contributed by atoms with Gasteiger partial charge in [-0.25, -0.2) is 0 Å². The standard InChI is InChI=1S/C25H26N2O4S/c1-24(2,3)25(27-11-13-32-25)22-15-18-14-19(8-9-20(18)31-22)30-16-17-6-5-7-21(28-4)23(17)29-12-10-26/h5-9,11,13-15,27H,12,16H2,1-4H3. The van der Waals surface area contributed by atoms with Crippen LogP contribution in [0.2, 0.25) is 0 Å². The molecule has 32 heavy (non-hydrogen) atoms. The van der Waals surface area contributed by atoms with Crippen molar-refractivity contribution in [1.82, 2.24) is 5.32 Å². The van der Waals surface area contributed by atoms with E-state index in [-0.39, 0.29) is 23.5 Å². The molecule has 1 atom stereocenters. The summed E-state index contributed by atoms with van der Waals surface area (Å²) < 4.78 is 23.2. The smallest absolute Gasteiger partial charge is 0.174 e. The Hall–Kier alpha value is -3.24. The van der Waals surface area contributed by atoms with Gasteiger partial charge in [-0.15, -0.1) is 0 Å². The second-order valence-electron chi connectivity index (χ2n) is 8.49. The molecule has 7 heteroatoms.